The number of carbonyl (C=O) groups excluding carboxylic acids is 1. The molecule has 0 spiro atoms. The molecule has 2 nitrogen and oxygen atoms in total. The molecule has 0 radical (unpaired) electrons. The molecule has 0 amide bonds. The van der Waals surface area contributed by atoms with Gasteiger partial charge in [0.25, 0.3) is 0 Å². The summed E-state index contributed by atoms with van der Waals surface area (Å²) in [6.07, 6.45) is 1.90. The third-order valence-electron chi connectivity index (χ3n) is 6.15. The van der Waals surface area contributed by atoms with E-state index in [0.29, 0.717) is 18.3 Å². The molecule has 3 atom stereocenters. The van der Waals surface area contributed by atoms with Crippen LogP contribution in [0.25, 0.3) is 0 Å². The standard InChI is InChI=1S/C20H28O2/c1-12(2)13-6-7-16-15(8-13)17(22)9-18-19(3,4)10-14(21)11-20(16,18)5/h6-8,12,14,18,21H,9-11H2,1-5H3/t14-,18-,20+/m0/s1. The van der Waals surface area contributed by atoms with Gasteiger partial charge in [0.15, 0.2) is 5.78 Å². The number of rotatable bonds is 1. The minimum Gasteiger partial charge on any atom is -0.393 e. The van der Waals surface area contributed by atoms with E-state index in [9.17, 15) is 9.90 Å². The first-order valence-corrected chi connectivity index (χ1v) is 8.51. The number of benzene rings is 1. The third kappa shape index (κ3) is 2.23. The molecule has 1 aromatic carbocycles. The Morgan fingerprint density at radius 1 is 1.18 bits per heavy atom. The number of hydrogen-bond acceptors (Lipinski definition) is 2. The van der Waals surface area contributed by atoms with Crippen molar-refractivity contribution in [3.8, 4) is 0 Å². The van der Waals surface area contributed by atoms with Crippen LogP contribution in [0.1, 0.15) is 81.3 Å². The van der Waals surface area contributed by atoms with Crippen LogP contribution < -0.4 is 0 Å². The molecule has 120 valence electrons. The number of carbonyl (C=O) groups is 1. The van der Waals surface area contributed by atoms with E-state index >= 15 is 0 Å². The van der Waals surface area contributed by atoms with Gasteiger partial charge in [-0.2, -0.15) is 0 Å². The monoisotopic (exact) mass is 300 g/mol. The Labute approximate surface area is 133 Å². The van der Waals surface area contributed by atoms with Crippen LogP contribution in [0.2, 0.25) is 0 Å². The van der Waals surface area contributed by atoms with Crippen LogP contribution in [-0.2, 0) is 5.41 Å². The molecule has 3 rings (SSSR count). The minimum atomic E-state index is -0.276. The first kappa shape index (κ1) is 15.7. The summed E-state index contributed by atoms with van der Waals surface area (Å²) in [7, 11) is 0. The fourth-order valence-electron chi connectivity index (χ4n) is 5.06. The highest BCUT2D eigenvalue weighted by Gasteiger charge is 2.54. The molecule has 2 heteroatoms. The summed E-state index contributed by atoms with van der Waals surface area (Å²) in [5.41, 5.74) is 3.18. The van der Waals surface area contributed by atoms with Crippen molar-refractivity contribution in [2.45, 2.75) is 71.3 Å². The Hall–Kier alpha value is -1.15. The van der Waals surface area contributed by atoms with Gasteiger partial charge in [-0.15, -0.1) is 0 Å². The summed E-state index contributed by atoms with van der Waals surface area (Å²) in [4.78, 5) is 12.8. The van der Waals surface area contributed by atoms with Crippen LogP contribution >= 0.6 is 0 Å². The predicted octanol–water partition coefficient (Wildman–Crippen LogP) is 4.45. The predicted molar refractivity (Wildman–Crippen MR) is 89.3 cm³/mol. The zero-order chi connectivity index (χ0) is 16.3. The number of fused-ring (bicyclic) bond motifs is 3. The van der Waals surface area contributed by atoms with Crippen molar-refractivity contribution in [1.82, 2.24) is 0 Å². The van der Waals surface area contributed by atoms with Crippen LogP contribution in [-0.4, -0.2) is 17.0 Å². The lowest BCUT2D eigenvalue weighted by Gasteiger charge is -2.55. The average molecular weight is 300 g/mol. The maximum Gasteiger partial charge on any atom is 0.163 e. The summed E-state index contributed by atoms with van der Waals surface area (Å²) >= 11 is 0. The van der Waals surface area contributed by atoms with Crippen LogP contribution in [0.5, 0.6) is 0 Å². The highest BCUT2D eigenvalue weighted by Crippen LogP contribution is 2.57. The van der Waals surface area contributed by atoms with E-state index in [4.69, 9.17) is 0 Å². The van der Waals surface area contributed by atoms with Crippen molar-refractivity contribution in [2.24, 2.45) is 11.3 Å². The van der Waals surface area contributed by atoms with Gasteiger partial charge in [-0.05, 0) is 52.7 Å². The van der Waals surface area contributed by atoms with Gasteiger partial charge in [0.1, 0.15) is 0 Å². The molecular weight excluding hydrogens is 272 g/mol. The van der Waals surface area contributed by atoms with Crippen molar-refractivity contribution >= 4 is 5.78 Å². The Kier molecular flexibility index (Phi) is 3.52. The summed E-state index contributed by atoms with van der Waals surface area (Å²) in [5.74, 6) is 1.02. The Balaban J connectivity index is 2.16. The number of aliphatic hydroxyl groups excluding tert-OH is 1. The maximum atomic E-state index is 12.8. The molecule has 0 heterocycles. The second-order valence-electron chi connectivity index (χ2n) is 8.61. The SMILES string of the molecule is CC(C)c1ccc2c(c1)C(=O)C[C@H]1C(C)(C)C[C@H](O)C[C@]21C. The van der Waals surface area contributed by atoms with E-state index < -0.39 is 0 Å². The molecule has 0 bridgehead atoms. The molecule has 1 fully saturated rings. The van der Waals surface area contributed by atoms with Crippen molar-refractivity contribution in [3.63, 3.8) is 0 Å². The van der Waals surface area contributed by atoms with Crippen molar-refractivity contribution in [3.05, 3.63) is 34.9 Å². The number of ketones is 1. The smallest absolute Gasteiger partial charge is 0.163 e. The fourth-order valence-corrected chi connectivity index (χ4v) is 5.06. The van der Waals surface area contributed by atoms with Gasteiger partial charge in [0, 0.05) is 12.0 Å². The van der Waals surface area contributed by atoms with Crippen molar-refractivity contribution in [2.75, 3.05) is 0 Å². The molecule has 0 unspecified atom stereocenters. The lowest BCUT2D eigenvalue weighted by atomic mass is 9.49. The highest BCUT2D eigenvalue weighted by molar-refractivity contribution is 5.99. The van der Waals surface area contributed by atoms with Gasteiger partial charge < -0.3 is 5.11 Å². The van der Waals surface area contributed by atoms with E-state index in [1.54, 1.807) is 0 Å². The number of aliphatic hydroxyl groups is 1. The molecule has 22 heavy (non-hydrogen) atoms. The Bertz CT molecular complexity index is 614. The second kappa shape index (κ2) is 4.92. The average Bonchev–Trinajstić information content (AvgIpc) is 2.40. The molecule has 1 saturated carbocycles. The van der Waals surface area contributed by atoms with Crippen molar-refractivity contribution in [1.29, 1.82) is 0 Å². The van der Waals surface area contributed by atoms with Crippen LogP contribution in [0, 0.1) is 11.3 Å². The molecule has 0 aromatic heterocycles. The number of Topliss-reactive ketones (excluding diaryl/α,β-unsaturated/α-hetero) is 1. The molecular formula is C20H28O2. The Morgan fingerprint density at radius 3 is 2.50 bits per heavy atom. The topological polar surface area (TPSA) is 37.3 Å². The minimum absolute atomic E-state index is 0.00349. The first-order valence-electron chi connectivity index (χ1n) is 8.51. The fraction of sp³-hybridized carbons (Fsp3) is 0.650. The highest BCUT2D eigenvalue weighted by atomic mass is 16.3. The van der Waals surface area contributed by atoms with Crippen LogP contribution in [0.3, 0.4) is 0 Å². The second-order valence-corrected chi connectivity index (χ2v) is 8.61. The zero-order valence-corrected chi connectivity index (χ0v) is 14.4. The van der Waals surface area contributed by atoms with Gasteiger partial charge >= 0.3 is 0 Å². The summed E-state index contributed by atoms with van der Waals surface area (Å²) in [5, 5.41) is 10.4. The lowest BCUT2D eigenvalue weighted by Crippen LogP contribution is -2.53. The van der Waals surface area contributed by atoms with Crippen molar-refractivity contribution < 1.29 is 9.90 Å². The number of hydrogen-bond donors (Lipinski definition) is 1. The Morgan fingerprint density at radius 2 is 1.86 bits per heavy atom. The van der Waals surface area contributed by atoms with E-state index in [1.165, 1.54) is 5.56 Å². The van der Waals surface area contributed by atoms with Gasteiger partial charge in [-0.3, -0.25) is 4.79 Å². The molecule has 0 aliphatic heterocycles. The van der Waals surface area contributed by atoms with E-state index in [2.05, 4.69) is 52.8 Å². The zero-order valence-electron chi connectivity index (χ0n) is 14.4. The van der Waals surface area contributed by atoms with E-state index in [0.717, 1.165) is 24.0 Å². The molecule has 1 aromatic rings. The van der Waals surface area contributed by atoms with Gasteiger partial charge in [0.2, 0.25) is 0 Å². The molecule has 2 aliphatic rings. The van der Waals surface area contributed by atoms with Gasteiger partial charge in [-0.25, -0.2) is 0 Å². The molecule has 0 saturated heterocycles. The molecule has 2 aliphatic carbocycles. The van der Waals surface area contributed by atoms with Crippen LogP contribution in [0.15, 0.2) is 18.2 Å². The summed E-state index contributed by atoms with van der Waals surface area (Å²) < 4.78 is 0. The third-order valence-corrected chi connectivity index (χ3v) is 6.15. The lowest BCUT2D eigenvalue weighted by molar-refractivity contribution is -0.0347. The normalized spacial score (nSPS) is 33.5. The summed E-state index contributed by atoms with van der Waals surface area (Å²) in [6, 6.07) is 6.42. The van der Waals surface area contributed by atoms with E-state index in [-0.39, 0.29) is 22.7 Å². The summed E-state index contributed by atoms with van der Waals surface area (Å²) in [6.45, 7) is 11.0. The largest absolute Gasteiger partial charge is 0.393 e. The van der Waals surface area contributed by atoms with E-state index in [1.807, 2.05) is 0 Å². The first-order chi connectivity index (χ1) is 10.1. The van der Waals surface area contributed by atoms with Crippen LogP contribution in [0.4, 0.5) is 0 Å². The quantitative estimate of drug-likeness (QED) is 0.832. The van der Waals surface area contributed by atoms with Gasteiger partial charge in [0.05, 0.1) is 6.10 Å². The van der Waals surface area contributed by atoms with Gasteiger partial charge in [-0.1, -0.05) is 46.8 Å². The maximum absolute atomic E-state index is 12.8. The molecule has 1 N–H and O–H groups in total.